The standard InChI is InChI=1S/C14H17NO.C4H4S.C2H6/c1-15-10-5-11-16-14-9-4-7-12-6-2-3-8-13(12)14;1-2-4-5-3-1;1-2/h2-4,6-9,15H,5,10-11H2,1H3;1-4H;1-2H3. The molecule has 124 valence electrons. The largest absolute Gasteiger partial charge is 0.493 e. The number of nitrogens with one attached hydrogen (secondary N) is 1. The summed E-state index contributed by atoms with van der Waals surface area (Å²) in [5.74, 6) is 0.981. The van der Waals surface area contributed by atoms with Crippen molar-refractivity contribution in [1.29, 1.82) is 0 Å². The number of rotatable bonds is 5. The molecule has 0 amide bonds. The van der Waals surface area contributed by atoms with E-state index in [2.05, 4.69) is 23.5 Å². The fourth-order valence-electron chi connectivity index (χ4n) is 1.98. The van der Waals surface area contributed by atoms with Crippen LogP contribution in [0.1, 0.15) is 20.3 Å². The second-order valence-electron chi connectivity index (χ2n) is 4.58. The highest BCUT2D eigenvalue weighted by molar-refractivity contribution is 7.07. The zero-order chi connectivity index (χ0) is 16.8. The lowest BCUT2D eigenvalue weighted by Gasteiger charge is -2.08. The first-order valence-corrected chi connectivity index (χ1v) is 9.08. The third kappa shape index (κ3) is 7.31. The Morgan fingerprint density at radius 3 is 2.26 bits per heavy atom. The molecule has 2 nitrogen and oxygen atoms in total. The first-order valence-electron chi connectivity index (χ1n) is 8.14. The van der Waals surface area contributed by atoms with Crippen molar-refractivity contribution in [3.63, 3.8) is 0 Å². The summed E-state index contributed by atoms with van der Waals surface area (Å²) in [6.45, 7) is 5.75. The van der Waals surface area contributed by atoms with Gasteiger partial charge in [-0.15, -0.1) is 0 Å². The van der Waals surface area contributed by atoms with Crippen molar-refractivity contribution >= 4 is 22.1 Å². The van der Waals surface area contributed by atoms with Crippen molar-refractivity contribution in [2.45, 2.75) is 20.3 Å². The van der Waals surface area contributed by atoms with Crippen LogP contribution in [0, 0.1) is 0 Å². The molecule has 0 fully saturated rings. The van der Waals surface area contributed by atoms with Crippen molar-refractivity contribution in [3.05, 3.63) is 65.4 Å². The maximum absolute atomic E-state index is 5.78. The first kappa shape index (κ1) is 19.2. The van der Waals surface area contributed by atoms with Gasteiger partial charge in [-0.1, -0.05) is 62.4 Å². The van der Waals surface area contributed by atoms with Crippen LogP contribution in [-0.2, 0) is 0 Å². The Labute approximate surface area is 144 Å². The summed E-state index contributed by atoms with van der Waals surface area (Å²) in [7, 11) is 1.96. The topological polar surface area (TPSA) is 21.3 Å². The lowest BCUT2D eigenvalue weighted by molar-refractivity contribution is 0.313. The molecule has 0 atom stereocenters. The van der Waals surface area contributed by atoms with E-state index in [9.17, 15) is 0 Å². The highest BCUT2D eigenvalue weighted by Gasteiger charge is 2.00. The summed E-state index contributed by atoms with van der Waals surface area (Å²) >= 11 is 1.71. The molecule has 0 bridgehead atoms. The van der Waals surface area contributed by atoms with Gasteiger partial charge >= 0.3 is 0 Å². The molecule has 0 aliphatic heterocycles. The molecule has 0 saturated carbocycles. The van der Waals surface area contributed by atoms with Crippen LogP contribution in [0.15, 0.2) is 65.4 Å². The van der Waals surface area contributed by atoms with Gasteiger partial charge in [0.15, 0.2) is 0 Å². The van der Waals surface area contributed by atoms with Gasteiger partial charge < -0.3 is 10.1 Å². The Bertz CT molecular complexity index is 600. The Morgan fingerprint density at radius 1 is 0.913 bits per heavy atom. The van der Waals surface area contributed by atoms with Crippen molar-refractivity contribution in [1.82, 2.24) is 5.32 Å². The van der Waals surface area contributed by atoms with Crippen LogP contribution in [0.4, 0.5) is 0 Å². The predicted molar refractivity (Wildman–Crippen MR) is 104 cm³/mol. The van der Waals surface area contributed by atoms with E-state index in [4.69, 9.17) is 4.74 Å². The molecule has 0 radical (unpaired) electrons. The van der Waals surface area contributed by atoms with Gasteiger partial charge in [0.25, 0.3) is 0 Å². The Balaban J connectivity index is 0.000000317. The predicted octanol–water partition coefficient (Wildman–Crippen LogP) is 5.60. The number of thiophene rings is 1. The third-order valence-electron chi connectivity index (χ3n) is 3.00. The van der Waals surface area contributed by atoms with Crippen LogP contribution in [-0.4, -0.2) is 20.2 Å². The minimum Gasteiger partial charge on any atom is -0.493 e. The van der Waals surface area contributed by atoms with Crippen molar-refractivity contribution in [2.24, 2.45) is 0 Å². The van der Waals surface area contributed by atoms with Crippen LogP contribution in [0.5, 0.6) is 5.75 Å². The van der Waals surface area contributed by atoms with Gasteiger partial charge in [0, 0.05) is 5.39 Å². The van der Waals surface area contributed by atoms with E-state index in [1.165, 1.54) is 10.8 Å². The molecule has 3 rings (SSSR count). The molecule has 2 aromatic carbocycles. The van der Waals surface area contributed by atoms with Gasteiger partial charge in [0.05, 0.1) is 6.61 Å². The lowest BCUT2D eigenvalue weighted by atomic mass is 10.1. The minimum absolute atomic E-state index is 0.759. The average Bonchev–Trinajstić information content (AvgIpc) is 3.21. The molecular formula is C20H27NOS. The summed E-state index contributed by atoms with van der Waals surface area (Å²) < 4.78 is 5.78. The number of hydrogen-bond acceptors (Lipinski definition) is 3. The maximum atomic E-state index is 5.78. The van der Waals surface area contributed by atoms with E-state index in [1.807, 2.05) is 68.1 Å². The van der Waals surface area contributed by atoms with E-state index < -0.39 is 0 Å². The first-order chi connectivity index (χ1) is 11.4. The molecule has 3 aromatic rings. The zero-order valence-electron chi connectivity index (χ0n) is 14.3. The Hall–Kier alpha value is -1.84. The Kier molecular flexibility index (Phi) is 10.6. The molecule has 0 aliphatic carbocycles. The van der Waals surface area contributed by atoms with E-state index >= 15 is 0 Å². The van der Waals surface area contributed by atoms with Gasteiger partial charge in [-0.3, -0.25) is 0 Å². The monoisotopic (exact) mass is 329 g/mol. The van der Waals surface area contributed by atoms with Gasteiger partial charge in [-0.05, 0) is 42.2 Å². The molecule has 1 N–H and O–H groups in total. The average molecular weight is 330 g/mol. The zero-order valence-corrected chi connectivity index (χ0v) is 15.1. The molecule has 23 heavy (non-hydrogen) atoms. The second-order valence-corrected chi connectivity index (χ2v) is 5.39. The van der Waals surface area contributed by atoms with Gasteiger partial charge in [-0.25, -0.2) is 0 Å². The second kappa shape index (κ2) is 12.7. The van der Waals surface area contributed by atoms with E-state index in [-0.39, 0.29) is 0 Å². The molecule has 0 saturated heterocycles. The van der Waals surface area contributed by atoms with Crippen LogP contribution >= 0.6 is 11.3 Å². The van der Waals surface area contributed by atoms with Crippen molar-refractivity contribution in [2.75, 3.05) is 20.2 Å². The molecule has 3 heteroatoms. The minimum atomic E-state index is 0.759. The number of fused-ring (bicyclic) bond motifs is 1. The molecule has 0 unspecified atom stereocenters. The lowest BCUT2D eigenvalue weighted by Crippen LogP contribution is -2.11. The smallest absolute Gasteiger partial charge is 0.127 e. The van der Waals surface area contributed by atoms with E-state index in [0.717, 1.165) is 25.3 Å². The highest BCUT2D eigenvalue weighted by Crippen LogP contribution is 2.24. The van der Waals surface area contributed by atoms with Gasteiger partial charge in [0.1, 0.15) is 5.75 Å². The summed E-state index contributed by atoms with van der Waals surface area (Å²) in [6.07, 6.45) is 1.03. The fraction of sp³-hybridized carbons (Fsp3) is 0.300. The Morgan fingerprint density at radius 2 is 1.61 bits per heavy atom. The SMILES string of the molecule is CC.CNCCCOc1cccc2ccccc12.c1ccsc1. The van der Waals surface area contributed by atoms with E-state index in [1.54, 1.807) is 11.3 Å². The third-order valence-corrected chi connectivity index (χ3v) is 3.63. The van der Waals surface area contributed by atoms with Crippen molar-refractivity contribution in [3.8, 4) is 5.75 Å². The van der Waals surface area contributed by atoms with Crippen LogP contribution in [0.3, 0.4) is 0 Å². The molecular weight excluding hydrogens is 302 g/mol. The van der Waals surface area contributed by atoms with E-state index in [0.29, 0.717) is 0 Å². The fourth-order valence-corrected chi connectivity index (χ4v) is 2.43. The molecule has 1 heterocycles. The quantitative estimate of drug-likeness (QED) is 0.615. The van der Waals surface area contributed by atoms with Gasteiger partial charge in [0.2, 0.25) is 0 Å². The van der Waals surface area contributed by atoms with Gasteiger partial charge in [-0.2, -0.15) is 11.3 Å². The molecule has 0 aliphatic rings. The van der Waals surface area contributed by atoms with Crippen LogP contribution in [0.25, 0.3) is 10.8 Å². The summed E-state index contributed by atoms with van der Waals surface area (Å²) in [5, 5.41) is 9.61. The van der Waals surface area contributed by atoms with Crippen molar-refractivity contribution < 1.29 is 4.74 Å². The van der Waals surface area contributed by atoms with Crippen LogP contribution < -0.4 is 10.1 Å². The maximum Gasteiger partial charge on any atom is 0.127 e. The molecule has 0 spiro atoms. The van der Waals surface area contributed by atoms with Crippen LogP contribution in [0.2, 0.25) is 0 Å². The normalized spacial score (nSPS) is 9.35. The number of benzene rings is 2. The molecule has 1 aromatic heterocycles. The summed E-state index contributed by atoms with van der Waals surface area (Å²) in [4.78, 5) is 0. The number of ether oxygens (including phenoxy) is 1. The summed E-state index contributed by atoms with van der Waals surface area (Å²) in [5.41, 5.74) is 0. The number of hydrogen-bond donors (Lipinski definition) is 1. The highest BCUT2D eigenvalue weighted by atomic mass is 32.1. The summed E-state index contributed by atoms with van der Waals surface area (Å²) in [6, 6.07) is 18.5.